The second-order valence-corrected chi connectivity index (χ2v) is 10.1. The van der Waals surface area contributed by atoms with Crippen LogP contribution in [0.5, 0.6) is 0 Å². The first-order valence-electron chi connectivity index (χ1n) is 12.0. The molecule has 0 saturated carbocycles. The van der Waals surface area contributed by atoms with Crippen molar-refractivity contribution >= 4 is 23.2 Å². The Kier molecular flexibility index (Phi) is 5.86. The molecule has 0 spiro atoms. The van der Waals surface area contributed by atoms with Gasteiger partial charge in [-0.2, -0.15) is 5.26 Å². The fourth-order valence-corrected chi connectivity index (χ4v) is 5.20. The van der Waals surface area contributed by atoms with Gasteiger partial charge in [0.25, 0.3) is 0 Å². The molecule has 1 saturated heterocycles. The van der Waals surface area contributed by atoms with Gasteiger partial charge >= 0.3 is 0 Å². The number of carbonyl (C=O) groups is 2. The second kappa shape index (κ2) is 8.99. The first-order chi connectivity index (χ1) is 16.9. The van der Waals surface area contributed by atoms with Crippen molar-refractivity contribution in [2.75, 3.05) is 22.9 Å². The maximum atomic E-state index is 13.6. The molecule has 1 unspecified atom stereocenters. The van der Waals surface area contributed by atoms with E-state index in [1.54, 1.807) is 29.3 Å². The number of amides is 2. The molecule has 3 aromatic rings. The van der Waals surface area contributed by atoms with Crippen molar-refractivity contribution in [1.29, 1.82) is 5.26 Å². The zero-order chi connectivity index (χ0) is 24.6. The Bertz CT molecular complexity index is 1330. The van der Waals surface area contributed by atoms with E-state index in [1.165, 1.54) is 16.7 Å². The normalized spacial score (nSPS) is 18.4. The number of hydrogen-bond donors (Lipinski definition) is 0. The van der Waals surface area contributed by atoms with Crippen LogP contribution in [-0.2, 0) is 27.8 Å². The predicted octanol–water partition coefficient (Wildman–Crippen LogP) is 4.42. The lowest BCUT2D eigenvalue weighted by molar-refractivity contribution is -0.124. The molecule has 0 aliphatic carbocycles. The van der Waals surface area contributed by atoms with E-state index in [0.29, 0.717) is 24.3 Å². The third-order valence-electron chi connectivity index (χ3n) is 7.09. The smallest absolute Gasteiger partial charge is 0.232 e. The summed E-state index contributed by atoms with van der Waals surface area (Å²) in [6.45, 7) is 5.27. The molecular formula is C29H28N4O2. The standard InChI is InChI=1S/C29H28N4O2/c1-29(2)19-33(26-11-10-20(14-25(26)29)8-9-21-6-4-12-31-17-21)28(35)23-15-27(34)32(18-23)24-7-3-5-22(13-24)16-30/h3-7,10-14,17,23H,8-9,15,18-19H2,1-2H3. The fraction of sp³-hybridized carbons (Fsp3) is 0.310. The molecule has 0 radical (unpaired) electrons. The van der Waals surface area contributed by atoms with Crippen LogP contribution in [-0.4, -0.2) is 29.9 Å². The second-order valence-electron chi connectivity index (χ2n) is 10.1. The molecule has 2 aliphatic heterocycles. The molecule has 35 heavy (non-hydrogen) atoms. The van der Waals surface area contributed by atoms with E-state index >= 15 is 0 Å². The molecule has 2 aliphatic rings. The third-order valence-corrected chi connectivity index (χ3v) is 7.09. The Balaban J connectivity index is 1.33. The van der Waals surface area contributed by atoms with Crippen LogP contribution in [0.15, 0.2) is 67.0 Å². The summed E-state index contributed by atoms with van der Waals surface area (Å²) >= 11 is 0. The molecule has 5 rings (SSSR count). The summed E-state index contributed by atoms with van der Waals surface area (Å²) in [6.07, 6.45) is 5.71. The van der Waals surface area contributed by atoms with Gasteiger partial charge in [-0.3, -0.25) is 14.6 Å². The number of rotatable bonds is 5. The number of anilines is 2. The van der Waals surface area contributed by atoms with Crippen LogP contribution in [0, 0.1) is 17.2 Å². The zero-order valence-electron chi connectivity index (χ0n) is 20.1. The molecule has 3 heterocycles. The zero-order valence-corrected chi connectivity index (χ0v) is 20.1. The van der Waals surface area contributed by atoms with E-state index in [4.69, 9.17) is 0 Å². The topological polar surface area (TPSA) is 77.3 Å². The van der Waals surface area contributed by atoms with Gasteiger partial charge in [-0.1, -0.05) is 38.1 Å². The Morgan fingerprint density at radius 1 is 1.11 bits per heavy atom. The van der Waals surface area contributed by atoms with Crippen molar-refractivity contribution in [1.82, 2.24) is 4.98 Å². The van der Waals surface area contributed by atoms with Gasteiger partial charge in [-0.05, 0) is 59.9 Å². The van der Waals surface area contributed by atoms with Gasteiger partial charge in [0.1, 0.15) is 0 Å². The van der Waals surface area contributed by atoms with Crippen molar-refractivity contribution in [3.05, 3.63) is 89.2 Å². The number of nitrogens with zero attached hydrogens (tertiary/aromatic N) is 4. The minimum absolute atomic E-state index is 0.00720. The Hall–Kier alpha value is -3.98. The lowest BCUT2D eigenvalue weighted by Crippen LogP contribution is -2.39. The highest BCUT2D eigenvalue weighted by Crippen LogP contribution is 2.42. The molecule has 1 atom stereocenters. The first kappa shape index (κ1) is 22.8. The number of aryl methyl sites for hydroxylation is 2. The summed E-state index contributed by atoms with van der Waals surface area (Å²) in [5, 5.41) is 9.19. The average molecular weight is 465 g/mol. The van der Waals surface area contributed by atoms with Crippen LogP contribution in [0.25, 0.3) is 0 Å². The molecule has 176 valence electrons. The van der Waals surface area contributed by atoms with Crippen molar-refractivity contribution < 1.29 is 9.59 Å². The van der Waals surface area contributed by atoms with Crippen molar-refractivity contribution in [2.24, 2.45) is 5.92 Å². The van der Waals surface area contributed by atoms with E-state index in [-0.39, 0.29) is 23.7 Å². The van der Waals surface area contributed by atoms with Crippen molar-refractivity contribution in [2.45, 2.75) is 38.5 Å². The average Bonchev–Trinajstić information content (AvgIpc) is 3.39. The number of nitriles is 1. The van der Waals surface area contributed by atoms with Crippen LogP contribution < -0.4 is 9.80 Å². The molecule has 2 aromatic carbocycles. The van der Waals surface area contributed by atoms with Crippen LogP contribution in [0.3, 0.4) is 0 Å². The minimum Gasteiger partial charge on any atom is -0.312 e. The van der Waals surface area contributed by atoms with Crippen LogP contribution in [0.2, 0.25) is 0 Å². The van der Waals surface area contributed by atoms with E-state index in [9.17, 15) is 14.9 Å². The molecule has 2 amide bonds. The van der Waals surface area contributed by atoms with Gasteiger partial charge in [-0.15, -0.1) is 0 Å². The van der Waals surface area contributed by atoms with E-state index in [2.05, 4.69) is 49.2 Å². The van der Waals surface area contributed by atoms with Gasteiger partial charge in [0.05, 0.1) is 17.6 Å². The van der Waals surface area contributed by atoms with Crippen LogP contribution in [0.1, 0.15) is 42.5 Å². The highest BCUT2D eigenvalue weighted by Gasteiger charge is 2.43. The third kappa shape index (κ3) is 4.42. The molecule has 6 heteroatoms. The van der Waals surface area contributed by atoms with Crippen molar-refractivity contribution in [3.63, 3.8) is 0 Å². The quantitative estimate of drug-likeness (QED) is 0.560. The summed E-state index contributed by atoms with van der Waals surface area (Å²) in [6, 6.07) is 19.6. The van der Waals surface area contributed by atoms with Gasteiger partial charge in [0, 0.05) is 48.7 Å². The molecule has 0 bridgehead atoms. The summed E-state index contributed by atoms with van der Waals surface area (Å²) in [7, 11) is 0. The highest BCUT2D eigenvalue weighted by atomic mass is 16.2. The van der Waals surface area contributed by atoms with Gasteiger partial charge in [0.2, 0.25) is 11.8 Å². The molecule has 0 N–H and O–H groups in total. The van der Waals surface area contributed by atoms with Crippen LogP contribution >= 0.6 is 0 Å². The van der Waals surface area contributed by atoms with E-state index in [1.807, 2.05) is 23.2 Å². The maximum absolute atomic E-state index is 13.6. The summed E-state index contributed by atoms with van der Waals surface area (Å²) in [4.78, 5) is 34.1. The summed E-state index contributed by atoms with van der Waals surface area (Å²) in [5.74, 6) is -0.490. The molecule has 1 fully saturated rings. The first-order valence-corrected chi connectivity index (χ1v) is 12.0. The Morgan fingerprint density at radius 3 is 2.71 bits per heavy atom. The lowest BCUT2D eigenvalue weighted by atomic mass is 9.85. The number of pyridine rings is 1. The van der Waals surface area contributed by atoms with Gasteiger partial charge in [0.15, 0.2) is 0 Å². The molecular weight excluding hydrogens is 436 g/mol. The molecule has 6 nitrogen and oxygen atoms in total. The molecule has 1 aromatic heterocycles. The number of fused-ring (bicyclic) bond motifs is 1. The monoisotopic (exact) mass is 464 g/mol. The number of hydrogen-bond acceptors (Lipinski definition) is 4. The SMILES string of the molecule is CC1(C)CN(C(=O)C2CC(=O)N(c3cccc(C#N)c3)C2)c2ccc(CCc3cccnc3)cc21. The maximum Gasteiger partial charge on any atom is 0.232 e. The largest absolute Gasteiger partial charge is 0.312 e. The Morgan fingerprint density at radius 2 is 1.94 bits per heavy atom. The van der Waals surface area contributed by atoms with E-state index in [0.717, 1.165) is 18.5 Å². The minimum atomic E-state index is -0.403. The summed E-state index contributed by atoms with van der Waals surface area (Å²) in [5.41, 5.74) is 5.58. The fourth-order valence-electron chi connectivity index (χ4n) is 5.20. The number of carbonyl (C=O) groups excluding carboxylic acids is 2. The van der Waals surface area contributed by atoms with Gasteiger partial charge < -0.3 is 9.80 Å². The summed E-state index contributed by atoms with van der Waals surface area (Å²) < 4.78 is 0. The van der Waals surface area contributed by atoms with E-state index < -0.39 is 5.92 Å². The van der Waals surface area contributed by atoms with Crippen molar-refractivity contribution in [3.8, 4) is 6.07 Å². The highest BCUT2D eigenvalue weighted by molar-refractivity contribution is 6.05. The Labute approximate surface area is 205 Å². The predicted molar refractivity (Wildman–Crippen MR) is 135 cm³/mol. The van der Waals surface area contributed by atoms with Gasteiger partial charge in [-0.25, -0.2) is 0 Å². The number of aromatic nitrogens is 1. The van der Waals surface area contributed by atoms with Crippen LogP contribution in [0.4, 0.5) is 11.4 Å². The number of benzene rings is 2. The lowest BCUT2D eigenvalue weighted by Gasteiger charge is -2.23.